The Kier molecular flexibility index (Phi) is 6.80. The van der Waals surface area contributed by atoms with Gasteiger partial charge in [0.05, 0.1) is 11.0 Å². The van der Waals surface area contributed by atoms with E-state index in [0.717, 1.165) is 34.2 Å². The Bertz CT molecular complexity index is 980. The second kappa shape index (κ2) is 8.93. The lowest BCUT2D eigenvalue weighted by molar-refractivity contribution is -0.149. The van der Waals surface area contributed by atoms with Crippen LogP contribution in [-0.2, 0) is 14.3 Å². The molecule has 174 valence electrons. The number of anilines is 1. The highest BCUT2D eigenvalue weighted by Gasteiger charge is 2.39. The molecule has 0 N–H and O–H groups in total. The number of hydrogen-bond acceptors (Lipinski definition) is 6. The highest BCUT2D eigenvalue weighted by Crippen LogP contribution is 2.46. The number of thioether (sulfide) groups is 1. The molecule has 0 saturated carbocycles. The zero-order valence-electron chi connectivity index (χ0n) is 20.3. The molecule has 7 heteroatoms. The Morgan fingerprint density at radius 1 is 1.25 bits per heavy atom. The van der Waals surface area contributed by atoms with Crippen LogP contribution in [0.4, 0.5) is 10.5 Å². The van der Waals surface area contributed by atoms with Gasteiger partial charge in [-0.15, -0.1) is 0 Å². The molecule has 1 atom stereocenters. The largest absolute Gasteiger partial charge is 0.462 e. The molecule has 1 aromatic rings. The summed E-state index contributed by atoms with van der Waals surface area (Å²) in [6.45, 7) is 16.4. The maximum Gasteiger partial charge on any atom is 0.326 e. The molecule has 3 rings (SSSR count). The molecule has 2 amide bonds. The minimum Gasteiger partial charge on any atom is -0.462 e. The van der Waals surface area contributed by atoms with Crippen molar-refractivity contribution >= 4 is 40.6 Å². The fourth-order valence-electron chi connectivity index (χ4n) is 4.95. The number of nitrogens with zero attached hydrogens (tertiary/aromatic N) is 2. The lowest BCUT2D eigenvalue weighted by Crippen LogP contribution is -2.51. The molecule has 0 aliphatic carbocycles. The van der Waals surface area contributed by atoms with Crippen LogP contribution in [0.5, 0.6) is 0 Å². The van der Waals surface area contributed by atoms with E-state index in [1.165, 1.54) is 11.3 Å². The van der Waals surface area contributed by atoms with E-state index in [9.17, 15) is 14.4 Å². The van der Waals surface area contributed by atoms with Crippen LogP contribution in [0.2, 0.25) is 0 Å². The van der Waals surface area contributed by atoms with Gasteiger partial charge in [-0.2, -0.15) is 0 Å². The number of amides is 2. The Morgan fingerprint density at radius 3 is 2.50 bits per heavy atom. The zero-order chi connectivity index (χ0) is 24.0. The lowest BCUT2D eigenvalue weighted by atomic mass is 9.78. The van der Waals surface area contributed by atoms with Crippen molar-refractivity contribution in [1.29, 1.82) is 0 Å². The molecule has 2 aliphatic heterocycles. The Balaban J connectivity index is 1.93. The van der Waals surface area contributed by atoms with E-state index < -0.39 is 17.1 Å². The normalized spacial score (nSPS) is 21.7. The number of hydrogen-bond donors (Lipinski definition) is 0. The summed E-state index contributed by atoms with van der Waals surface area (Å²) in [7, 11) is 0. The number of carbonyl (C=O) groups excluding carboxylic acids is 3. The van der Waals surface area contributed by atoms with E-state index in [1.54, 1.807) is 19.9 Å². The van der Waals surface area contributed by atoms with E-state index in [-0.39, 0.29) is 18.2 Å². The summed E-state index contributed by atoms with van der Waals surface area (Å²) in [5, 5.41) is -0.446. The van der Waals surface area contributed by atoms with Crippen LogP contribution in [-0.4, -0.2) is 46.2 Å². The van der Waals surface area contributed by atoms with Gasteiger partial charge >= 0.3 is 5.97 Å². The van der Waals surface area contributed by atoms with Gasteiger partial charge in [0.2, 0.25) is 0 Å². The second-order valence-corrected chi connectivity index (χ2v) is 10.9. The molecule has 6 nitrogen and oxygen atoms in total. The number of imide groups is 1. The summed E-state index contributed by atoms with van der Waals surface area (Å²) in [5.41, 5.74) is 4.53. The molecule has 1 saturated heterocycles. The molecule has 2 aliphatic rings. The van der Waals surface area contributed by atoms with Gasteiger partial charge < -0.3 is 9.64 Å². The smallest absolute Gasteiger partial charge is 0.326 e. The Labute approximate surface area is 195 Å². The number of rotatable bonds is 5. The number of aryl methyl sites for hydroxylation is 1. The van der Waals surface area contributed by atoms with Crippen LogP contribution in [0.1, 0.15) is 77.5 Å². The van der Waals surface area contributed by atoms with E-state index in [2.05, 4.69) is 51.7 Å². The topological polar surface area (TPSA) is 66.9 Å². The SMILES string of the molecule is Cc1cc2c(cc1/C=C1/SC(=O)N(CC(=O)OC(C)C)C1=O)[C@@H](C)CC(C)(C)N2C(C)C. The Hall–Kier alpha value is -2.28. The summed E-state index contributed by atoms with van der Waals surface area (Å²) in [4.78, 5) is 40.9. The number of benzene rings is 1. The summed E-state index contributed by atoms with van der Waals surface area (Å²) in [5.74, 6) is -0.654. The van der Waals surface area contributed by atoms with Crippen LogP contribution in [0.3, 0.4) is 0 Å². The van der Waals surface area contributed by atoms with Crippen molar-refractivity contribution < 1.29 is 19.1 Å². The quantitative estimate of drug-likeness (QED) is 0.430. The first-order chi connectivity index (χ1) is 14.8. The number of fused-ring (bicyclic) bond motifs is 1. The van der Waals surface area contributed by atoms with E-state index in [0.29, 0.717) is 16.9 Å². The first-order valence-corrected chi connectivity index (χ1v) is 12.0. The number of esters is 1. The average molecular weight is 459 g/mol. The molecule has 0 bridgehead atoms. The van der Waals surface area contributed by atoms with Crippen molar-refractivity contribution in [2.45, 2.75) is 85.4 Å². The number of ether oxygens (including phenoxy) is 1. The van der Waals surface area contributed by atoms with Crippen molar-refractivity contribution in [3.8, 4) is 0 Å². The third-order valence-corrected chi connectivity index (χ3v) is 6.90. The highest BCUT2D eigenvalue weighted by atomic mass is 32.2. The van der Waals surface area contributed by atoms with Gasteiger partial charge in [0, 0.05) is 17.3 Å². The van der Waals surface area contributed by atoms with Gasteiger partial charge in [-0.25, -0.2) is 0 Å². The Morgan fingerprint density at radius 2 is 1.91 bits per heavy atom. The molecule has 0 spiro atoms. The molecule has 0 aromatic heterocycles. The summed E-state index contributed by atoms with van der Waals surface area (Å²) in [6.07, 6.45) is 2.52. The van der Waals surface area contributed by atoms with Crippen molar-refractivity contribution in [2.24, 2.45) is 0 Å². The molecule has 1 aromatic carbocycles. The molecule has 2 heterocycles. The van der Waals surface area contributed by atoms with Crippen molar-refractivity contribution in [2.75, 3.05) is 11.4 Å². The monoisotopic (exact) mass is 458 g/mol. The molecule has 1 fully saturated rings. The van der Waals surface area contributed by atoms with Crippen LogP contribution in [0.25, 0.3) is 6.08 Å². The first-order valence-electron chi connectivity index (χ1n) is 11.2. The van der Waals surface area contributed by atoms with Gasteiger partial charge in [0.15, 0.2) is 0 Å². The minimum absolute atomic E-state index is 0.0573. The van der Waals surface area contributed by atoms with Crippen molar-refractivity contribution in [3.05, 3.63) is 33.7 Å². The summed E-state index contributed by atoms with van der Waals surface area (Å²) < 4.78 is 5.08. The van der Waals surface area contributed by atoms with E-state index >= 15 is 0 Å². The van der Waals surface area contributed by atoms with Crippen LogP contribution >= 0.6 is 11.8 Å². The molecular weight excluding hydrogens is 424 g/mol. The third kappa shape index (κ3) is 4.72. The van der Waals surface area contributed by atoms with Crippen molar-refractivity contribution in [1.82, 2.24) is 4.90 Å². The van der Waals surface area contributed by atoms with Crippen molar-refractivity contribution in [3.63, 3.8) is 0 Å². The van der Waals surface area contributed by atoms with E-state index in [4.69, 9.17) is 4.74 Å². The first kappa shape index (κ1) is 24.4. The fourth-order valence-corrected chi connectivity index (χ4v) is 5.78. The second-order valence-electron chi connectivity index (χ2n) is 9.96. The predicted octanol–water partition coefficient (Wildman–Crippen LogP) is 5.48. The van der Waals surface area contributed by atoms with Crippen LogP contribution < -0.4 is 4.90 Å². The fraction of sp³-hybridized carbons (Fsp3) is 0.560. The molecular formula is C25H34N2O4S. The van der Waals surface area contributed by atoms with Gasteiger partial charge in [-0.1, -0.05) is 6.92 Å². The maximum atomic E-state index is 12.8. The minimum atomic E-state index is -0.585. The highest BCUT2D eigenvalue weighted by molar-refractivity contribution is 8.18. The molecule has 0 radical (unpaired) electrons. The standard InChI is InChI=1S/C25H34N2O4S/c1-14(2)27-20-9-16(5)18(10-19(20)17(6)12-25(27,7)8)11-21-23(29)26(24(30)32-21)13-22(28)31-15(3)4/h9-11,14-15,17H,12-13H2,1-8H3/b21-11+/t17-/m0/s1. The van der Waals surface area contributed by atoms with Gasteiger partial charge in [0.1, 0.15) is 6.54 Å². The van der Waals surface area contributed by atoms with Gasteiger partial charge in [0.25, 0.3) is 11.1 Å². The maximum absolute atomic E-state index is 12.8. The molecule has 0 unspecified atom stereocenters. The number of carbonyl (C=O) groups is 3. The van der Waals surface area contributed by atoms with Crippen LogP contribution in [0.15, 0.2) is 17.0 Å². The lowest BCUT2D eigenvalue weighted by Gasteiger charge is -2.50. The van der Waals surface area contributed by atoms with Crippen LogP contribution in [0, 0.1) is 6.92 Å². The third-order valence-electron chi connectivity index (χ3n) is 5.99. The summed E-state index contributed by atoms with van der Waals surface area (Å²) in [6, 6.07) is 4.72. The van der Waals surface area contributed by atoms with Gasteiger partial charge in [-0.05, 0) is 107 Å². The van der Waals surface area contributed by atoms with Gasteiger partial charge in [-0.3, -0.25) is 19.3 Å². The summed E-state index contributed by atoms with van der Waals surface area (Å²) >= 11 is 0.870. The van der Waals surface area contributed by atoms with E-state index in [1.807, 2.05) is 6.92 Å². The zero-order valence-corrected chi connectivity index (χ0v) is 21.1. The average Bonchev–Trinajstić information content (AvgIpc) is 2.88. The predicted molar refractivity (Wildman–Crippen MR) is 130 cm³/mol. The molecule has 32 heavy (non-hydrogen) atoms.